The van der Waals surface area contributed by atoms with Crippen LogP contribution in [0.2, 0.25) is 0 Å². The van der Waals surface area contributed by atoms with Crippen LogP contribution in [0.15, 0.2) is 0 Å². The average molecular weight is 190 g/mol. The molecule has 4 N–H and O–H groups in total. The topological polar surface area (TPSA) is 84.6 Å². The van der Waals surface area contributed by atoms with E-state index in [4.69, 9.17) is 15.6 Å². The predicted octanol–water partition coefficient (Wildman–Crippen LogP) is -1.15. The Morgan fingerprint density at radius 3 is 2.92 bits per heavy atom. The van der Waals surface area contributed by atoms with Crippen LogP contribution in [0.4, 0.5) is 0 Å². The first-order valence-corrected chi connectivity index (χ1v) is 4.43. The van der Waals surface area contributed by atoms with Crippen molar-refractivity contribution in [3.63, 3.8) is 0 Å². The second-order valence-electron chi connectivity index (χ2n) is 2.71. The highest BCUT2D eigenvalue weighted by Gasteiger charge is 2.04. The fraction of sp³-hybridized carbons (Fsp3) is 0.875. The van der Waals surface area contributed by atoms with E-state index in [1.807, 2.05) is 6.92 Å². The van der Waals surface area contributed by atoms with Crippen molar-refractivity contribution in [3.8, 4) is 0 Å². The first-order valence-electron chi connectivity index (χ1n) is 4.43. The van der Waals surface area contributed by atoms with Crippen LogP contribution in [-0.2, 0) is 9.53 Å². The highest BCUT2D eigenvalue weighted by molar-refractivity contribution is 5.77. The van der Waals surface area contributed by atoms with Crippen molar-refractivity contribution in [2.24, 2.45) is 5.73 Å². The summed E-state index contributed by atoms with van der Waals surface area (Å²) in [6.07, 6.45) is 0.155. The minimum atomic E-state index is -0.474. The van der Waals surface area contributed by atoms with Crippen molar-refractivity contribution >= 4 is 5.91 Å². The Hall–Kier alpha value is -0.650. The van der Waals surface area contributed by atoms with Gasteiger partial charge >= 0.3 is 0 Å². The molecular weight excluding hydrogens is 172 g/mol. The maximum atomic E-state index is 11.0. The van der Waals surface area contributed by atoms with Crippen molar-refractivity contribution in [2.75, 3.05) is 26.3 Å². The van der Waals surface area contributed by atoms with E-state index >= 15 is 0 Å². The minimum absolute atomic E-state index is 0.00757. The number of hydrogen-bond acceptors (Lipinski definition) is 4. The van der Waals surface area contributed by atoms with Crippen molar-refractivity contribution in [3.05, 3.63) is 0 Å². The summed E-state index contributed by atoms with van der Waals surface area (Å²) >= 11 is 0. The van der Waals surface area contributed by atoms with Gasteiger partial charge in [-0.25, -0.2) is 0 Å². The lowest BCUT2D eigenvalue weighted by Crippen LogP contribution is -2.34. The standard InChI is InChI=1S/C8H18N2O3/c1-2-7(11)5-10-8(12)6-13-4-3-9/h7,11H,2-6,9H2,1H3,(H,10,12). The van der Waals surface area contributed by atoms with Gasteiger partial charge in [-0.1, -0.05) is 6.92 Å². The van der Waals surface area contributed by atoms with Gasteiger partial charge in [-0.05, 0) is 6.42 Å². The number of aliphatic hydroxyl groups is 1. The fourth-order valence-corrected chi connectivity index (χ4v) is 0.675. The third-order valence-electron chi connectivity index (χ3n) is 1.50. The zero-order chi connectivity index (χ0) is 10.1. The number of hydrogen-bond donors (Lipinski definition) is 3. The van der Waals surface area contributed by atoms with E-state index < -0.39 is 6.10 Å². The van der Waals surface area contributed by atoms with E-state index in [1.54, 1.807) is 0 Å². The van der Waals surface area contributed by atoms with Crippen LogP contribution >= 0.6 is 0 Å². The van der Waals surface area contributed by atoms with Gasteiger partial charge in [-0.2, -0.15) is 0 Å². The second-order valence-corrected chi connectivity index (χ2v) is 2.71. The average Bonchev–Trinajstić information content (AvgIpc) is 2.14. The van der Waals surface area contributed by atoms with Gasteiger partial charge in [-0.15, -0.1) is 0 Å². The third-order valence-corrected chi connectivity index (χ3v) is 1.50. The van der Waals surface area contributed by atoms with Crippen LogP contribution in [0.25, 0.3) is 0 Å². The van der Waals surface area contributed by atoms with Gasteiger partial charge < -0.3 is 20.9 Å². The van der Waals surface area contributed by atoms with Crippen LogP contribution in [0.1, 0.15) is 13.3 Å². The molecule has 0 aliphatic carbocycles. The minimum Gasteiger partial charge on any atom is -0.391 e. The Morgan fingerprint density at radius 1 is 1.69 bits per heavy atom. The molecule has 0 aromatic carbocycles. The molecule has 78 valence electrons. The summed E-state index contributed by atoms with van der Waals surface area (Å²) in [6, 6.07) is 0. The fourth-order valence-electron chi connectivity index (χ4n) is 0.675. The molecule has 0 saturated carbocycles. The molecule has 0 fully saturated rings. The van der Waals surface area contributed by atoms with Crippen LogP contribution in [-0.4, -0.2) is 43.4 Å². The Kier molecular flexibility index (Phi) is 7.57. The summed E-state index contributed by atoms with van der Waals surface area (Å²) in [7, 11) is 0. The normalized spacial score (nSPS) is 12.5. The van der Waals surface area contributed by atoms with Crippen molar-refractivity contribution in [1.82, 2.24) is 5.32 Å². The molecule has 0 bridgehead atoms. The van der Waals surface area contributed by atoms with Gasteiger partial charge in [0, 0.05) is 13.1 Å². The maximum Gasteiger partial charge on any atom is 0.246 e. The molecule has 13 heavy (non-hydrogen) atoms. The molecule has 0 aromatic rings. The third kappa shape index (κ3) is 7.70. The molecule has 0 saturated heterocycles. The van der Waals surface area contributed by atoms with Gasteiger partial charge in [0.2, 0.25) is 5.91 Å². The van der Waals surface area contributed by atoms with E-state index in [9.17, 15) is 4.79 Å². The maximum absolute atomic E-state index is 11.0. The number of nitrogens with two attached hydrogens (primary N) is 1. The van der Waals surface area contributed by atoms with E-state index in [0.29, 0.717) is 19.6 Å². The summed E-state index contributed by atoms with van der Waals surface area (Å²) in [6.45, 7) is 2.92. The number of aliphatic hydroxyl groups excluding tert-OH is 1. The zero-order valence-corrected chi connectivity index (χ0v) is 7.95. The van der Waals surface area contributed by atoms with Gasteiger partial charge in [0.1, 0.15) is 6.61 Å². The van der Waals surface area contributed by atoms with Gasteiger partial charge in [0.25, 0.3) is 0 Å². The van der Waals surface area contributed by atoms with Crippen molar-refractivity contribution in [2.45, 2.75) is 19.4 Å². The highest BCUT2D eigenvalue weighted by Crippen LogP contribution is 1.86. The number of nitrogens with one attached hydrogen (secondary N) is 1. The van der Waals surface area contributed by atoms with Crippen molar-refractivity contribution in [1.29, 1.82) is 0 Å². The van der Waals surface area contributed by atoms with E-state index in [2.05, 4.69) is 5.32 Å². The molecule has 5 heteroatoms. The summed E-state index contributed by atoms with van der Waals surface area (Å²) in [5.41, 5.74) is 5.16. The first kappa shape index (κ1) is 12.3. The van der Waals surface area contributed by atoms with E-state index in [0.717, 1.165) is 0 Å². The smallest absolute Gasteiger partial charge is 0.246 e. The Balaban J connectivity index is 3.30. The number of carbonyl (C=O) groups excluding carboxylic acids is 1. The largest absolute Gasteiger partial charge is 0.391 e. The lowest BCUT2D eigenvalue weighted by atomic mass is 10.3. The zero-order valence-electron chi connectivity index (χ0n) is 7.95. The first-order chi connectivity index (χ1) is 6.20. The number of carbonyl (C=O) groups is 1. The lowest BCUT2D eigenvalue weighted by molar-refractivity contribution is -0.126. The molecule has 1 atom stereocenters. The quantitative estimate of drug-likeness (QED) is 0.442. The monoisotopic (exact) mass is 190 g/mol. The second kappa shape index (κ2) is 7.97. The Bertz CT molecular complexity index is 141. The lowest BCUT2D eigenvalue weighted by Gasteiger charge is -2.09. The van der Waals surface area contributed by atoms with Crippen LogP contribution < -0.4 is 11.1 Å². The van der Waals surface area contributed by atoms with Crippen molar-refractivity contribution < 1.29 is 14.6 Å². The number of rotatable bonds is 7. The molecule has 0 aromatic heterocycles. The van der Waals surface area contributed by atoms with E-state index in [1.165, 1.54) is 0 Å². The van der Waals surface area contributed by atoms with Gasteiger partial charge in [-0.3, -0.25) is 4.79 Å². The summed E-state index contributed by atoms with van der Waals surface area (Å²) in [5, 5.41) is 11.6. The molecule has 0 aliphatic rings. The molecule has 0 spiro atoms. The van der Waals surface area contributed by atoms with Crippen LogP contribution in [0.3, 0.4) is 0 Å². The number of ether oxygens (including phenoxy) is 1. The number of amides is 1. The molecular formula is C8H18N2O3. The van der Waals surface area contributed by atoms with Crippen LogP contribution in [0, 0.1) is 0 Å². The molecule has 1 unspecified atom stereocenters. The van der Waals surface area contributed by atoms with Crippen LogP contribution in [0.5, 0.6) is 0 Å². The summed E-state index contributed by atoms with van der Waals surface area (Å²) < 4.78 is 4.89. The molecule has 0 aliphatic heterocycles. The predicted molar refractivity (Wildman–Crippen MR) is 49.2 cm³/mol. The van der Waals surface area contributed by atoms with Gasteiger partial charge in [0.05, 0.1) is 12.7 Å². The molecule has 0 heterocycles. The SMILES string of the molecule is CCC(O)CNC(=O)COCCN. The highest BCUT2D eigenvalue weighted by atomic mass is 16.5. The Morgan fingerprint density at radius 2 is 2.38 bits per heavy atom. The Labute approximate surface area is 78.3 Å². The van der Waals surface area contributed by atoms with E-state index in [-0.39, 0.29) is 19.1 Å². The van der Waals surface area contributed by atoms with Gasteiger partial charge in [0.15, 0.2) is 0 Å². The summed E-state index contributed by atoms with van der Waals surface area (Å²) in [4.78, 5) is 11.0. The molecule has 1 amide bonds. The summed E-state index contributed by atoms with van der Waals surface area (Å²) in [5.74, 6) is -0.221. The molecule has 0 rings (SSSR count). The molecule has 5 nitrogen and oxygen atoms in total. The molecule has 0 radical (unpaired) electrons.